The summed E-state index contributed by atoms with van der Waals surface area (Å²) in [5, 5.41) is 11.4. The highest BCUT2D eigenvalue weighted by Crippen LogP contribution is 2.49. The molecule has 0 radical (unpaired) electrons. The quantitative estimate of drug-likeness (QED) is 0.562. The highest BCUT2D eigenvalue weighted by molar-refractivity contribution is 8.00. The Balaban J connectivity index is 1.31. The molecule has 32 heavy (non-hydrogen) atoms. The lowest BCUT2D eigenvalue weighted by molar-refractivity contribution is 0.0867. The first-order valence-corrected chi connectivity index (χ1v) is 13.5. The first-order chi connectivity index (χ1) is 15.6. The van der Waals surface area contributed by atoms with Gasteiger partial charge in [0.25, 0.3) is 11.8 Å². The van der Waals surface area contributed by atoms with Gasteiger partial charge < -0.3 is 19.9 Å². The molecule has 2 fully saturated rings. The van der Waals surface area contributed by atoms with E-state index in [-0.39, 0.29) is 11.9 Å². The van der Waals surface area contributed by atoms with Crippen molar-refractivity contribution in [3.63, 3.8) is 0 Å². The molecule has 2 unspecified atom stereocenters. The number of nitrogens with zero attached hydrogens (tertiary/aromatic N) is 1. The van der Waals surface area contributed by atoms with Gasteiger partial charge in [0.05, 0.1) is 6.61 Å². The number of thioether (sulfide) groups is 1. The summed E-state index contributed by atoms with van der Waals surface area (Å²) in [6.45, 7) is 7.21. The molecule has 0 bridgehead atoms. The van der Waals surface area contributed by atoms with Crippen LogP contribution >= 0.6 is 11.8 Å². The summed E-state index contributed by atoms with van der Waals surface area (Å²) in [7, 11) is 0. The second kappa shape index (κ2) is 9.80. The number of nitrogens with one attached hydrogen (secondary N) is 2. The molecule has 4 aliphatic rings. The van der Waals surface area contributed by atoms with Gasteiger partial charge in [-0.15, -0.1) is 11.8 Å². The van der Waals surface area contributed by atoms with Crippen LogP contribution in [-0.2, 0) is 0 Å². The lowest BCUT2D eigenvalue weighted by Gasteiger charge is -2.31. The third-order valence-electron chi connectivity index (χ3n) is 7.88. The van der Waals surface area contributed by atoms with E-state index in [1.165, 1.54) is 32.1 Å². The molecular formula is C25H37N3O3S. The summed E-state index contributed by atoms with van der Waals surface area (Å²) in [6, 6.07) is 0.153. The van der Waals surface area contributed by atoms with E-state index in [4.69, 9.17) is 9.26 Å². The summed E-state index contributed by atoms with van der Waals surface area (Å²) in [5.41, 5.74) is 3.16. The van der Waals surface area contributed by atoms with E-state index in [1.807, 2.05) is 0 Å². The third-order valence-corrected chi connectivity index (χ3v) is 9.28. The van der Waals surface area contributed by atoms with Crippen molar-refractivity contribution in [3.05, 3.63) is 16.9 Å². The summed E-state index contributed by atoms with van der Waals surface area (Å²) in [4.78, 5) is 14.2. The van der Waals surface area contributed by atoms with Gasteiger partial charge in [0.2, 0.25) is 5.76 Å². The van der Waals surface area contributed by atoms with Gasteiger partial charge in [-0.25, -0.2) is 0 Å². The van der Waals surface area contributed by atoms with Gasteiger partial charge in [-0.3, -0.25) is 4.79 Å². The Bertz CT molecular complexity index is 855. The standard InChI is InChI=1S/C25H37N3O3S/c1-15-12-18-13-20(18)16(2)21(15)27-24(29)22-23(32-19-6-4-3-5-7-19)25(28-31-22)30-14-17-8-10-26-11-9-17/h15-17,19,21,26H,3-14H2,1-2H3,(H,27,29)/t15?,16?,21-/m0/s1. The number of piperidine rings is 1. The first-order valence-electron chi connectivity index (χ1n) is 12.6. The largest absolute Gasteiger partial charge is 0.474 e. The van der Waals surface area contributed by atoms with Crippen LogP contribution in [0.5, 0.6) is 5.88 Å². The van der Waals surface area contributed by atoms with Crippen molar-refractivity contribution in [3.8, 4) is 5.88 Å². The minimum absolute atomic E-state index is 0.138. The number of ether oxygens (including phenoxy) is 1. The van der Waals surface area contributed by atoms with Crippen molar-refractivity contribution in [1.82, 2.24) is 15.8 Å². The summed E-state index contributed by atoms with van der Waals surface area (Å²) < 4.78 is 11.8. The summed E-state index contributed by atoms with van der Waals surface area (Å²) in [6.07, 6.45) is 10.7. The normalized spacial score (nSPS) is 29.0. The summed E-state index contributed by atoms with van der Waals surface area (Å²) >= 11 is 1.75. The Kier molecular flexibility index (Phi) is 6.84. The predicted octanol–water partition coefficient (Wildman–Crippen LogP) is 4.95. The van der Waals surface area contributed by atoms with Crippen molar-refractivity contribution in [2.45, 2.75) is 87.8 Å². The SMILES string of the molecule is CC1CC2=C(C2)C(C)[C@H]1NC(=O)c1onc(OCC2CCNCC2)c1SC1CCCCC1. The number of amides is 1. The van der Waals surface area contributed by atoms with Gasteiger partial charge >= 0.3 is 0 Å². The zero-order valence-corrected chi connectivity index (χ0v) is 20.3. The summed E-state index contributed by atoms with van der Waals surface area (Å²) in [5.74, 6) is 2.11. The topological polar surface area (TPSA) is 76.4 Å². The number of aromatic nitrogens is 1. The van der Waals surface area contributed by atoms with Gasteiger partial charge in [-0.05, 0) is 74.5 Å². The second-order valence-corrected chi connectivity index (χ2v) is 11.6. The number of carbonyl (C=O) groups is 1. The molecule has 3 aliphatic carbocycles. The molecule has 1 aromatic heterocycles. The van der Waals surface area contributed by atoms with Gasteiger partial charge in [-0.1, -0.05) is 44.3 Å². The smallest absolute Gasteiger partial charge is 0.291 e. The Labute approximate surface area is 195 Å². The van der Waals surface area contributed by atoms with E-state index in [0.717, 1.165) is 43.7 Å². The van der Waals surface area contributed by atoms with Crippen LogP contribution < -0.4 is 15.4 Å². The molecule has 1 amide bonds. The van der Waals surface area contributed by atoms with Crippen LogP contribution in [0.25, 0.3) is 0 Å². The van der Waals surface area contributed by atoms with Crippen molar-refractivity contribution in [2.24, 2.45) is 17.8 Å². The molecular weight excluding hydrogens is 422 g/mol. The minimum atomic E-state index is -0.138. The number of carbonyl (C=O) groups excluding carboxylic acids is 1. The first kappa shape index (κ1) is 22.3. The van der Waals surface area contributed by atoms with Crippen molar-refractivity contribution < 1.29 is 14.1 Å². The van der Waals surface area contributed by atoms with Gasteiger partial charge in [0.1, 0.15) is 4.90 Å². The lowest BCUT2D eigenvalue weighted by Crippen LogP contribution is -2.44. The minimum Gasteiger partial charge on any atom is -0.474 e. The lowest BCUT2D eigenvalue weighted by atomic mass is 9.83. The molecule has 6 nitrogen and oxygen atoms in total. The zero-order valence-electron chi connectivity index (χ0n) is 19.5. The average Bonchev–Trinajstić information content (AvgIpc) is 3.48. The molecule has 2 heterocycles. The molecule has 1 saturated heterocycles. The molecule has 0 spiro atoms. The molecule has 1 saturated carbocycles. The Morgan fingerprint density at radius 3 is 2.75 bits per heavy atom. The predicted molar refractivity (Wildman–Crippen MR) is 126 cm³/mol. The Morgan fingerprint density at radius 2 is 1.97 bits per heavy atom. The Morgan fingerprint density at radius 1 is 1.19 bits per heavy atom. The highest BCUT2D eigenvalue weighted by Gasteiger charge is 2.41. The fraction of sp³-hybridized carbons (Fsp3) is 0.760. The molecule has 3 atom stereocenters. The van der Waals surface area contributed by atoms with Gasteiger partial charge in [0, 0.05) is 11.3 Å². The van der Waals surface area contributed by atoms with E-state index < -0.39 is 0 Å². The molecule has 0 aromatic carbocycles. The number of allylic oxidation sites excluding steroid dienone is 1. The van der Waals surface area contributed by atoms with Crippen LogP contribution in [0.4, 0.5) is 0 Å². The van der Waals surface area contributed by atoms with Crippen LogP contribution in [-0.4, -0.2) is 42.1 Å². The van der Waals surface area contributed by atoms with E-state index >= 15 is 0 Å². The third kappa shape index (κ3) is 4.89. The van der Waals surface area contributed by atoms with Crippen LogP contribution in [0.3, 0.4) is 0 Å². The maximum Gasteiger partial charge on any atom is 0.291 e. The average molecular weight is 460 g/mol. The van der Waals surface area contributed by atoms with E-state index in [9.17, 15) is 4.79 Å². The fourth-order valence-corrected chi connectivity index (χ4v) is 7.12. The van der Waals surface area contributed by atoms with Crippen molar-refractivity contribution in [2.75, 3.05) is 19.7 Å². The molecule has 1 aliphatic heterocycles. The number of hydrogen-bond donors (Lipinski definition) is 2. The Hall–Kier alpha value is -1.47. The fourth-order valence-electron chi connectivity index (χ4n) is 5.78. The van der Waals surface area contributed by atoms with Crippen LogP contribution in [0, 0.1) is 17.8 Å². The second-order valence-electron chi connectivity index (χ2n) is 10.3. The monoisotopic (exact) mass is 459 g/mol. The maximum atomic E-state index is 13.4. The van der Waals surface area contributed by atoms with E-state index in [0.29, 0.717) is 41.3 Å². The molecule has 176 valence electrons. The van der Waals surface area contributed by atoms with Crippen LogP contribution in [0.2, 0.25) is 0 Å². The number of hydrogen-bond acceptors (Lipinski definition) is 6. The highest BCUT2D eigenvalue weighted by atomic mass is 32.2. The zero-order chi connectivity index (χ0) is 22.1. The van der Waals surface area contributed by atoms with Crippen molar-refractivity contribution >= 4 is 17.7 Å². The molecule has 5 rings (SSSR count). The van der Waals surface area contributed by atoms with Gasteiger partial charge in [-0.2, -0.15) is 0 Å². The molecule has 7 heteroatoms. The van der Waals surface area contributed by atoms with E-state index in [2.05, 4.69) is 29.6 Å². The molecule has 1 aromatic rings. The van der Waals surface area contributed by atoms with Crippen LogP contribution in [0.15, 0.2) is 20.6 Å². The van der Waals surface area contributed by atoms with Gasteiger partial charge in [0.15, 0.2) is 0 Å². The molecule has 2 N–H and O–H groups in total. The number of rotatable bonds is 7. The van der Waals surface area contributed by atoms with Crippen molar-refractivity contribution in [1.29, 1.82) is 0 Å². The van der Waals surface area contributed by atoms with E-state index in [1.54, 1.807) is 22.9 Å². The maximum absolute atomic E-state index is 13.4. The van der Waals surface area contributed by atoms with Crippen LogP contribution in [0.1, 0.15) is 82.2 Å².